The number of fused-ring (bicyclic) bond motifs is 4. The van der Waals surface area contributed by atoms with Crippen LogP contribution < -0.4 is 0 Å². The number of phenols is 1. The van der Waals surface area contributed by atoms with E-state index in [-0.39, 0.29) is 5.41 Å². The third-order valence-electron chi connectivity index (χ3n) is 6.64. The number of phenolic OH excluding ortho intramolecular Hbond substituents is 1. The molecule has 4 rings (SSSR count). The van der Waals surface area contributed by atoms with Gasteiger partial charge in [-0.05, 0) is 66.0 Å². The third kappa shape index (κ3) is 2.53. The third-order valence-corrected chi connectivity index (χ3v) is 6.64. The Morgan fingerprint density at radius 3 is 2.75 bits per heavy atom. The van der Waals surface area contributed by atoms with Crippen LogP contribution >= 0.6 is 0 Å². The van der Waals surface area contributed by atoms with Crippen LogP contribution in [0, 0.1) is 5.92 Å². The zero-order valence-electron chi connectivity index (χ0n) is 14.7. The van der Waals surface area contributed by atoms with Crippen LogP contribution in [0.4, 0.5) is 0 Å². The number of nitrogens with zero attached hydrogens (tertiary/aromatic N) is 1. The van der Waals surface area contributed by atoms with Crippen molar-refractivity contribution in [2.24, 2.45) is 5.92 Å². The Balaban J connectivity index is 1.57. The van der Waals surface area contributed by atoms with Crippen molar-refractivity contribution in [3.05, 3.63) is 65.2 Å². The minimum absolute atomic E-state index is 0.195. The van der Waals surface area contributed by atoms with Gasteiger partial charge in [-0.1, -0.05) is 50.2 Å². The number of benzene rings is 2. The second kappa shape index (κ2) is 5.93. The molecule has 0 radical (unpaired) electrons. The highest BCUT2D eigenvalue weighted by Gasteiger charge is 2.48. The van der Waals surface area contributed by atoms with E-state index in [2.05, 4.69) is 55.1 Å². The van der Waals surface area contributed by atoms with Crippen molar-refractivity contribution in [2.75, 3.05) is 13.1 Å². The van der Waals surface area contributed by atoms with Crippen LogP contribution in [0.25, 0.3) is 0 Å². The van der Waals surface area contributed by atoms with Crippen molar-refractivity contribution in [3.8, 4) is 5.75 Å². The minimum Gasteiger partial charge on any atom is -0.508 e. The Morgan fingerprint density at radius 1 is 1.17 bits per heavy atom. The monoisotopic (exact) mass is 321 g/mol. The van der Waals surface area contributed by atoms with Gasteiger partial charge in [-0.15, -0.1) is 0 Å². The maximum absolute atomic E-state index is 9.94. The van der Waals surface area contributed by atoms with Crippen molar-refractivity contribution >= 4 is 0 Å². The van der Waals surface area contributed by atoms with Gasteiger partial charge in [-0.2, -0.15) is 0 Å². The van der Waals surface area contributed by atoms with Crippen LogP contribution in [-0.4, -0.2) is 29.1 Å². The molecule has 1 N–H and O–H groups in total. The van der Waals surface area contributed by atoms with Gasteiger partial charge in [-0.25, -0.2) is 0 Å². The molecule has 126 valence electrons. The lowest BCUT2D eigenvalue weighted by atomic mass is 9.59. The van der Waals surface area contributed by atoms with Gasteiger partial charge in [0.05, 0.1) is 0 Å². The minimum atomic E-state index is 0.195. The molecule has 1 heterocycles. The molecule has 3 atom stereocenters. The summed E-state index contributed by atoms with van der Waals surface area (Å²) < 4.78 is 0. The van der Waals surface area contributed by atoms with Crippen molar-refractivity contribution in [1.29, 1.82) is 0 Å². The molecule has 2 aromatic rings. The lowest BCUT2D eigenvalue weighted by molar-refractivity contribution is 0.0322. The second-order valence-electron chi connectivity index (χ2n) is 7.84. The van der Waals surface area contributed by atoms with Crippen molar-refractivity contribution in [1.82, 2.24) is 4.90 Å². The normalized spacial score (nSPS) is 29.2. The van der Waals surface area contributed by atoms with Gasteiger partial charge in [0.15, 0.2) is 0 Å². The number of hydrogen-bond donors (Lipinski definition) is 1. The Hall–Kier alpha value is -1.80. The van der Waals surface area contributed by atoms with E-state index < -0.39 is 0 Å². The smallest absolute Gasteiger partial charge is 0.115 e. The van der Waals surface area contributed by atoms with E-state index in [1.54, 1.807) is 0 Å². The average Bonchev–Trinajstić information content (AvgIpc) is 2.59. The summed E-state index contributed by atoms with van der Waals surface area (Å²) in [5, 5.41) is 9.94. The van der Waals surface area contributed by atoms with E-state index in [1.807, 2.05) is 12.1 Å². The van der Waals surface area contributed by atoms with Crippen LogP contribution in [0.3, 0.4) is 0 Å². The molecule has 2 heteroatoms. The molecule has 2 aromatic carbocycles. The summed E-state index contributed by atoms with van der Waals surface area (Å²) in [5.74, 6) is 1.03. The fourth-order valence-corrected chi connectivity index (χ4v) is 4.89. The Morgan fingerprint density at radius 2 is 1.96 bits per heavy atom. The van der Waals surface area contributed by atoms with Crippen LogP contribution in [0.15, 0.2) is 48.5 Å². The lowest BCUT2D eigenvalue weighted by Gasteiger charge is -2.54. The molecular formula is C22H27NO. The van der Waals surface area contributed by atoms with Crippen LogP contribution in [0.2, 0.25) is 0 Å². The van der Waals surface area contributed by atoms with Crippen molar-refractivity contribution in [2.45, 2.75) is 44.6 Å². The molecule has 0 amide bonds. The van der Waals surface area contributed by atoms with Gasteiger partial charge < -0.3 is 5.11 Å². The van der Waals surface area contributed by atoms with E-state index in [1.165, 1.54) is 23.1 Å². The highest BCUT2D eigenvalue weighted by molar-refractivity contribution is 5.44. The summed E-state index contributed by atoms with van der Waals surface area (Å²) in [7, 11) is 0. The zero-order valence-corrected chi connectivity index (χ0v) is 14.7. The van der Waals surface area contributed by atoms with Gasteiger partial charge in [-0.3, -0.25) is 4.90 Å². The molecule has 1 aliphatic heterocycles. The van der Waals surface area contributed by atoms with Gasteiger partial charge in [0.1, 0.15) is 5.75 Å². The summed E-state index contributed by atoms with van der Waals surface area (Å²) in [6, 6.07) is 17.4. The molecule has 2 nitrogen and oxygen atoms in total. The quantitative estimate of drug-likeness (QED) is 0.917. The van der Waals surface area contributed by atoms with E-state index in [4.69, 9.17) is 0 Å². The van der Waals surface area contributed by atoms with E-state index in [0.717, 1.165) is 25.9 Å². The van der Waals surface area contributed by atoms with Gasteiger partial charge in [0, 0.05) is 12.6 Å². The Kier molecular flexibility index (Phi) is 3.88. The molecule has 24 heavy (non-hydrogen) atoms. The molecular weight excluding hydrogens is 294 g/mol. The summed E-state index contributed by atoms with van der Waals surface area (Å²) in [4.78, 5) is 2.70. The fourth-order valence-electron chi connectivity index (χ4n) is 4.89. The highest BCUT2D eigenvalue weighted by atomic mass is 16.3. The number of hydrogen-bond acceptors (Lipinski definition) is 2. The van der Waals surface area contributed by atoms with Crippen molar-refractivity contribution in [3.63, 3.8) is 0 Å². The molecule has 1 saturated heterocycles. The fraction of sp³-hybridized carbons (Fsp3) is 0.455. The first-order valence-corrected chi connectivity index (χ1v) is 9.18. The maximum Gasteiger partial charge on any atom is 0.115 e. The number of likely N-dealkylation sites (tertiary alicyclic amines) is 1. The van der Waals surface area contributed by atoms with Gasteiger partial charge in [0.2, 0.25) is 0 Å². The Bertz CT molecular complexity index is 726. The van der Waals surface area contributed by atoms with Gasteiger partial charge >= 0.3 is 0 Å². The number of rotatable bonds is 3. The van der Waals surface area contributed by atoms with Crippen molar-refractivity contribution < 1.29 is 5.11 Å². The summed E-state index contributed by atoms with van der Waals surface area (Å²) in [6.07, 6.45) is 3.42. The molecule has 2 bridgehead atoms. The molecule has 1 unspecified atom stereocenters. The molecule has 1 aliphatic carbocycles. The number of aromatic hydroxyl groups is 1. The van der Waals surface area contributed by atoms with Crippen LogP contribution in [0.1, 0.15) is 37.0 Å². The molecule has 2 aliphatic rings. The summed E-state index contributed by atoms with van der Waals surface area (Å²) in [5.41, 5.74) is 4.44. The highest BCUT2D eigenvalue weighted by Crippen LogP contribution is 2.49. The summed E-state index contributed by atoms with van der Waals surface area (Å²) >= 11 is 0. The molecule has 0 aromatic heterocycles. The van der Waals surface area contributed by atoms with E-state index in [0.29, 0.717) is 17.7 Å². The molecule has 1 fully saturated rings. The largest absolute Gasteiger partial charge is 0.508 e. The van der Waals surface area contributed by atoms with E-state index >= 15 is 0 Å². The zero-order chi connectivity index (χ0) is 16.7. The topological polar surface area (TPSA) is 23.5 Å². The predicted octanol–water partition coefficient (Wildman–Crippen LogP) is 4.16. The standard InChI is InChI=1S/C22H27NO/c1-16-21-14-18-8-9-19(24)15-20(18)22(16,2)11-13-23(21)12-10-17-6-4-3-5-7-17/h3-9,15-16,21,24H,10-14H2,1-2H3/t16-,21?,22-/m1/s1. The first kappa shape index (κ1) is 15.7. The first-order valence-electron chi connectivity index (χ1n) is 9.18. The Labute approximate surface area is 145 Å². The average molecular weight is 321 g/mol. The van der Waals surface area contributed by atoms with Gasteiger partial charge in [0.25, 0.3) is 0 Å². The maximum atomic E-state index is 9.94. The SMILES string of the molecule is C[C@@H]1C2Cc3ccc(O)cc3[C@]1(C)CCN2CCc1ccccc1. The second-order valence-corrected chi connectivity index (χ2v) is 7.84. The first-order chi connectivity index (χ1) is 11.6. The van der Waals surface area contributed by atoms with E-state index in [9.17, 15) is 5.11 Å². The summed E-state index contributed by atoms with van der Waals surface area (Å²) in [6.45, 7) is 7.11. The lowest BCUT2D eigenvalue weighted by Crippen LogP contribution is -2.58. The molecule has 0 saturated carbocycles. The predicted molar refractivity (Wildman–Crippen MR) is 98.5 cm³/mol. The van der Waals surface area contributed by atoms with Crippen LogP contribution in [-0.2, 0) is 18.3 Å². The number of piperidine rings is 1. The van der Waals surface area contributed by atoms with Crippen LogP contribution in [0.5, 0.6) is 5.75 Å². The molecule has 0 spiro atoms.